The number of aromatic nitrogens is 5. The molecule has 4 aromatic rings. The summed E-state index contributed by atoms with van der Waals surface area (Å²) in [5, 5.41) is 20.5. The lowest BCUT2D eigenvalue weighted by atomic mass is 9.75. The molecule has 1 amide bonds. The van der Waals surface area contributed by atoms with Crippen LogP contribution in [0.5, 0.6) is 5.75 Å². The van der Waals surface area contributed by atoms with Crippen LogP contribution in [0, 0.1) is 24.0 Å². The van der Waals surface area contributed by atoms with Crippen molar-refractivity contribution < 1.29 is 28.2 Å². The summed E-state index contributed by atoms with van der Waals surface area (Å²) in [7, 11) is 0. The number of likely N-dealkylation sites (tertiary alicyclic amines) is 1. The van der Waals surface area contributed by atoms with E-state index in [2.05, 4.69) is 29.0 Å². The SMILES string of the molecule is Cc1nn(-c2ccc(C(N)=O)c(OC3CCN(CC(O)(Cn4cncn4)c4ccc(F)cc4F)CC3)c2)c2c1C(=O)CC(C)(C)C2. The Balaban J connectivity index is 1.20. The highest BCUT2D eigenvalue weighted by Gasteiger charge is 2.38. The first kappa shape index (κ1) is 31.5. The summed E-state index contributed by atoms with van der Waals surface area (Å²) >= 11 is 0. The van der Waals surface area contributed by atoms with E-state index in [1.165, 1.54) is 23.4 Å². The van der Waals surface area contributed by atoms with E-state index in [9.17, 15) is 23.5 Å². The van der Waals surface area contributed by atoms with Crippen LogP contribution in [0.2, 0.25) is 0 Å². The number of hydrogen-bond acceptors (Lipinski definition) is 8. The van der Waals surface area contributed by atoms with Gasteiger partial charge in [-0.25, -0.2) is 23.1 Å². The molecule has 13 heteroatoms. The van der Waals surface area contributed by atoms with Gasteiger partial charge in [0.05, 0.1) is 34.7 Å². The minimum Gasteiger partial charge on any atom is -0.489 e. The standard InChI is InChI=1S/C33H37F2N7O4/c1-20-30-27(14-32(2,3)15-28(30)43)42(39-20)22-5-6-24(31(36)44)29(13-22)46-23-8-10-40(11-9-23)16-33(45,17-41-19-37-18-38-41)25-7-4-21(34)12-26(25)35/h4-7,12-13,18-19,23,45H,8-11,14-17H2,1-3H3,(H2,36,44). The Bertz CT molecular complexity index is 1780. The third-order valence-corrected chi connectivity index (χ3v) is 8.83. The maximum atomic E-state index is 14.9. The fourth-order valence-electron chi connectivity index (χ4n) is 6.70. The molecular formula is C33H37F2N7O4. The van der Waals surface area contributed by atoms with Crippen molar-refractivity contribution >= 4 is 11.7 Å². The Hall–Kier alpha value is -4.49. The van der Waals surface area contributed by atoms with E-state index in [0.29, 0.717) is 61.5 Å². The van der Waals surface area contributed by atoms with Crippen LogP contribution in [-0.4, -0.2) is 72.0 Å². The van der Waals surface area contributed by atoms with Gasteiger partial charge in [0.1, 0.15) is 41.7 Å². The number of primary amides is 1. The molecule has 1 saturated heterocycles. The van der Waals surface area contributed by atoms with Crippen molar-refractivity contribution in [3.8, 4) is 11.4 Å². The number of amides is 1. The number of ether oxygens (including phenoxy) is 1. The lowest BCUT2D eigenvalue weighted by Crippen LogP contribution is -2.48. The molecule has 1 atom stereocenters. The molecule has 1 aliphatic heterocycles. The number of rotatable bonds is 9. The molecule has 6 rings (SSSR count). The second-order valence-corrected chi connectivity index (χ2v) is 13.1. The number of hydrogen-bond donors (Lipinski definition) is 2. The first-order valence-electron chi connectivity index (χ1n) is 15.3. The highest BCUT2D eigenvalue weighted by molar-refractivity contribution is 6.00. The Morgan fingerprint density at radius 1 is 1.13 bits per heavy atom. The fraction of sp³-hybridized carbons (Fsp3) is 0.424. The molecule has 3 heterocycles. The number of carbonyl (C=O) groups excluding carboxylic acids is 2. The van der Waals surface area contributed by atoms with Gasteiger partial charge in [-0.3, -0.25) is 14.5 Å². The molecule has 3 N–H and O–H groups in total. The van der Waals surface area contributed by atoms with E-state index in [0.717, 1.165) is 17.8 Å². The summed E-state index contributed by atoms with van der Waals surface area (Å²) in [6.07, 6.45) is 4.70. The molecule has 2 aliphatic rings. The molecule has 0 radical (unpaired) electrons. The van der Waals surface area contributed by atoms with Crippen molar-refractivity contribution in [2.45, 2.75) is 64.7 Å². The predicted octanol–water partition coefficient (Wildman–Crippen LogP) is 3.74. The van der Waals surface area contributed by atoms with Gasteiger partial charge in [-0.05, 0) is 49.8 Å². The topological polar surface area (TPSA) is 141 Å². The van der Waals surface area contributed by atoms with Crippen molar-refractivity contribution in [2.24, 2.45) is 11.1 Å². The van der Waals surface area contributed by atoms with Crippen LogP contribution < -0.4 is 10.5 Å². The number of aliphatic hydroxyl groups is 1. The van der Waals surface area contributed by atoms with Crippen LogP contribution in [0.3, 0.4) is 0 Å². The van der Waals surface area contributed by atoms with Crippen molar-refractivity contribution in [1.82, 2.24) is 29.4 Å². The third kappa shape index (κ3) is 6.29. The highest BCUT2D eigenvalue weighted by Crippen LogP contribution is 2.38. The minimum absolute atomic E-state index is 0.0353. The first-order chi connectivity index (χ1) is 21.8. The number of benzene rings is 2. The molecule has 0 saturated carbocycles. The number of nitrogens with two attached hydrogens (primary N) is 1. The number of nitrogens with zero attached hydrogens (tertiary/aromatic N) is 6. The molecule has 1 unspecified atom stereocenters. The predicted molar refractivity (Wildman–Crippen MR) is 164 cm³/mol. The average Bonchev–Trinajstić information content (AvgIpc) is 3.60. The zero-order valence-corrected chi connectivity index (χ0v) is 26.0. The summed E-state index contributed by atoms with van der Waals surface area (Å²) in [6, 6.07) is 8.23. The molecular weight excluding hydrogens is 596 g/mol. The first-order valence-corrected chi connectivity index (χ1v) is 15.3. The molecule has 2 aromatic heterocycles. The minimum atomic E-state index is -1.72. The van der Waals surface area contributed by atoms with Crippen molar-refractivity contribution in [2.75, 3.05) is 19.6 Å². The van der Waals surface area contributed by atoms with Gasteiger partial charge >= 0.3 is 0 Å². The average molecular weight is 634 g/mol. The van der Waals surface area contributed by atoms with Gasteiger partial charge in [0, 0.05) is 43.8 Å². The lowest BCUT2D eigenvalue weighted by molar-refractivity contribution is -0.0332. The molecule has 1 fully saturated rings. The van der Waals surface area contributed by atoms with E-state index in [1.807, 2.05) is 11.8 Å². The van der Waals surface area contributed by atoms with Gasteiger partial charge < -0.3 is 15.6 Å². The number of carbonyl (C=O) groups is 2. The van der Waals surface area contributed by atoms with Gasteiger partial charge in [0.25, 0.3) is 5.91 Å². The second kappa shape index (κ2) is 12.0. The largest absolute Gasteiger partial charge is 0.489 e. The van der Waals surface area contributed by atoms with Crippen LogP contribution in [-0.2, 0) is 18.6 Å². The Morgan fingerprint density at radius 2 is 1.89 bits per heavy atom. The lowest BCUT2D eigenvalue weighted by Gasteiger charge is -2.38. The zero-order chi connectivity index (χ0) is 32.8. The van der Waals surface area contributed by atoms with Gasteiger partial charge in [0.15, 0.2) is 5.78 Å². The summed E-state index contributed by atoms with van der Waals surface area (Å²) in [6.45, 7) is 6.92. The van der Waals surface area contributed by atoms with Crippen molar-refractivity contribution in [3.63, 3.8) is 0 Å². The van der Waals surface area contributed by atoms with Crippen molar-refractivity contribution in [1.29, 1.82) is 0 Å². The van der Waals surface area contributed by atoms with E-state index in [4.69, 9.17) is 10.5 Å². The number of aryl methyl sites for hydroxylation is 1. The molecule has 0 bridgehead atoms. The molecule has 11 nitrogen and oxygen atoms in total. The van der Waals surface area contributed by atoms with Crippen LogP contribution in [0.4, 0.5) is 8.78 Å². The number of Topliss-reactive ketones (excluding diaryl/α,β-unsaturated/α-hetero) is 1. The maximum Gasteiger partial charge on any atom is 0.252 e. The molecule has 0 spiro atoms. The Kier molecular flexibility index (Phi) is 8.23. The number of ketones is 1. The Labute approximate surface area is 265 Å². The van der Waals surface area contributed by atoms with Gasteiger partial charge in [-0.2, -0.15) is 10.2 Å². The van der Waals surface area contributed by atoms with Crippen LogP contribution in [0.25, 0.3) is 5.69 Å². The number of halogens is 2. The van der Waals surface area contributed by atoms with Crippen LogP contribution in [0.1, 0.15) is 70.8 Å². The van der Waals surface area contributed by atoms with E-state index in [1.54, 1.807) is 22.9 Å². The van der Waals surface area contributed by atoms with Gasteiger partial charge in [-0.1, -0.05) is 19.9 Å². The van der Waals surface area contributed by atoms with Crippen molar-refractivity contribution in [3.05, 3.63) is 88.8 Å². The maximum absolute atomic E-state index is 14.9. The number of fused-ring (bicyclic) bond motifs is 1. The smallest absolute Gasteiger partial charge is 0.252 e. The normalized spacial score (nSPS) is 18.3. The third-order valence-electron chi connectivity index (χ3n) is 8.83. The van der Waals surface area contributed by atoms with Gasteiger partial charge in [-0.15, -0.1) is 0 Å². The van der Waals surface area contributed by atoms with E-state index in [-0.39, 0.29) is 41.5 Å². The fourth-order valence-corrected chi connectivity index (χ4v) is 6.70. The number of piperidine rings is 1. The van der Waals surface area contributed by atoms with Crippen LogP contribution >= 0.6 is 0 Å². The van der Waals surface area contributed by atoms with Crippen LogP contribution in [0.15, 0.2) is 49.1 Å². The summed E-state index contributed by atoms with van der Waals surface area (Å²) in [5.74, 6) is -1.82. The zero-order valence-electron chi connectivity index (χ0n) is 26.0. The van der Waals surface area contributed by atoms with E-state index >= 15 is 0 Å². The summed E-state index contributed by atoms with van der Waals surface area (Å²) in [5.41, 5.74) is 6.78. The quantitative estimate of drug-likeness (QED) is 0.284. The monoisotopic (exact) mass is 633 g/mol. The molecule has 2 aromatic carbocycles. The molecule has 242 valence electrons. The Morgan fingerprint density at radius 3 is 2.57 bits per heavy atom. The molecule has 46 heavy (non-hydrogen) atoms. The second-order valence-electron chi connectivity index (χ2n) is 13.1. The summed E-state index contributed by atoms with van der Waals surface area (Å²) < 4.78 is 38.1. The number of β-amino-alcohol motifs (C(OH)–C–C–N with tert-alkyl or cyclic N) is 1. The highest BCUT2D eigenvalue weighted by atomic mass is 19.1. The van der Waals surface area contributed by atoms with Gasteiger partial charge in [0.2, 0.25) is 0 Å². The summed E-state index contributed by atoms with van der Waals surface area (Å²) in [4.78, 5) is 31.2. The van der Waals surface area contributed by atoms with E-state index < -0.39 is 23.1 Å². The molecule has 1 aliphatic carbocycles.